The number of halogens is 1. The Balaban J connectivity index is 1.94. The number of hydrogen-bond donors (Lipinski definition) is 1. The first-order valence-corrected chi connectivity index (χ1v) is 6.29. The predicted molar refractivity (Wildman–Crippen MR) is 64.5 cm³/mol. The molecule has 1 aromatic rings. The average molecular weight is 268 g/mol. The molecular weight excluding hydrogens is 254 g/mol. The van der Waals surface area contributed by atoms with E-state index in [1.807, 2.05) is 6.07 Å². The fraction of sp³-hybridized carbons (Fsp3) is 0.500. The molecule has 1 aromatic carbocycles. The van der Waals surface area contributed by atoms with E-state index in [-0.39, 0.29) is 5.60 Å². The number of hydrogen-bond acceptors (Lipinski definition) is 2. The lowest BCUT2D eigenvalue weighted by Gasteiger charge is -2.36. The van der Waals surface area contributed by atoms with Crippen LogP contribution in [0.5, 0.6) is 5.75 Å². The summed E-state index contributed by atoms with van der Waals surface area (Å²) < 4.78 is 7.25. The Morgan fingerprint density at radius 1 is 1.27 bits per heavy atom. The van der Waals surface area contributed by atoms with E-state index in [0.717, 1.165) is 22.5 Å². The lowest BCUT2D eigenvalue weighted by Crippen LogP contribution is -2.43. The molecule has 1 aliphatic heterocycles. The van der Waals surface area contributed by atoms with Crippen LogP contribution in [0.1, 0.15) is 25.7 Å². The van der Waals surface area contributed by atoms with E-state index >= 15 is 0 Å². The van der Waals surface area contributed by atoms with Gasteiger partial charge in [0.15, 0.2) is 0 Å². The minimum Gasteiger partial charge on any atom is -0.483 e. The first kappa shape index (κ1) is 9.52. The van der Waals surface area contributed by atoms with Crippen LogP contribution in [0.2, 0.25) is 0 Å². The van der Waals surface area contributed by atoms with Gasteiger partial charge in [-0.15, -0.1) is 0 Å². The van der Waals surface area contributed by atoms with Crippen LogP contribution in [0, 0.1) is 0 Å². The largest absolute Gasteiger partial charge is 0.483 e. The summed E-state index contributed by atoms with van der Waals surface area (Å²) in [5, 5.41) is 3.48. The SMILES string of the molecule is Brc1ccc2c(c1)OC1(CCCC1)CN2. The molecule has 1 spiro atoms. The second-order valence-electron chi connectivity index (χ2n) is 4.49. The molecule has 15 heavy (non-hydrogen) atoms. The average Bonchev–Trinajstić information content (AvgIpc) is 2.66. The Morgan fingerprint density at radius 3 is 2.87 bits per heavy atom. The van der Waals surface area contributed by atoms with E-state index in [4.69, 9.17) is 4.74 Å². The third kappa shape index (κ3) is 1.63. The van der Waals surface area contributed by atoms with Crippen molar-refractivity contribution in [3.63, 3.8) is 0 Å². The van der Waals surface area contributed by atoms with Gasteiger partial charge in [-0.3, -0.25) is 0 Å². The molecule has 1 heterocycles. The van der Waals surface area contributed by atoms with Crippen LogP contribution in [-0.2, 0) is 0 Å². The summed E-state index contributed by atoms with van der Waals surface area (Å²) in [5.74, 6) is 0.998. The van der Waals surface area contributed by atoms with Crippen molar-refractivity contribution in [1.82, 2.24) is 0 Å². The van der Waals surface area contributed by atoms with Gasteiger partial charge in [0.1, 0.15) is 11.4 Å². The zero-order valence-electron chi connectivity index (χ0n) is 8.55. The molecular formula is C12H14BrNO. The van der Waals surface area contributed by atoms with Gasteiger partial charge in [-0.05, 0) is 43.9 Å². The molecule has 1 N–H and O–H groups in total. The van der Waals surface area contributed by atoms with Crippen LogP contribution in [0.3, 0.4) is 0 Å². The van der Waals surface area contributed by atoms with Crippen LogP contribution in [0.15, 0.2) is 22.7 Å². The van der Waals surface area contributed by atoms with Gasteiger partial charge in [-0.25, -0.2) is 0 Å². The van der Waals surface area contributed by atoms with E-state index in [0.29, 0.717) is 0 Å². The van der Waals surface area contributed by atoms with Gasteiger partial charge >= 0.3 is 0 Å². The molecule has 2 aliphatic rings. The van der Waals surface area contributed by atoms with Crippen molar-refractivity contribution in [1.29, 1.82) is 0 Å². The van der Waals surface area contributed by atoms with Crippen LogP contribution < -0.4 is 10.1 Å². The summed E-state index contributed by atoms with van der Waals surface area (Å²) in [7, 11) is 0. The van der Waals surface area contributed by atoms with Gasteiger partial charge in [0.2, 0.25) is 0 Å². The van der Waals surface area contributed by atoms with Crippen LogP contribution in [0.25, 0.3) is 0 Å². The van der Waals surface area contributed by atoms with Gasteiger partial charge in [0, 0.05) is 4.47 Å². The van der Waals surface area contributed by atoms with Crippen molar-refractivity contribution < 1.29 is 4.74 Å². The molecule has 2 nitrogen and oxygen atoms in total. The number of anilines is 1. The van der Waals surface area contributed by atoms with E-state index in [2.05, 4.69) is 33.4 Å². The van der Waals surface area contributed by atoms with E-state index in [1.54, 1.807) is 0 Å². The molecule has 0 atom stereocenters. The van der Waals surface area contributed by atoms with Crippen LogP contribution in [-0.4, -0.2) is 12.1 Å². The quantitative estimate of drug-likeness (QED) is 0.776. The Kier molecular flexibility index (Phi) is 2.16. The minimum atomic E-state index is 0.0772. The lowest BCUT2D eigenvalue weighted by molar-refractivity contribution is 0.0829. The van der Waals surface area contributed by atoms with Crippen LogP contribution >= 0.6 is 15.9 Å². The van der Waals surface area contributed by atoms with E-state index in [9.17, 15) is 0 Å². The first-order valence-electron chi connectivity index (χ1n) is 5.50. The molecule has 0 bridgehead atoms. The molecule has 1 aliphatic carbocycles. The third-order valence-electron chi connectivity index (χ3n) is 3.39. The maximum atomic E-state index is 6.17. The van der Waals surface area contributed by atoms with Crippen molar-refractivity contribution in [2.75, 3.05) is 11.9 Å². The van der Waals surface area contributed by atoms with Gasteiger partial charge < -0.3 is 10.1 Å². The summed E-state index contributed by atoms with van der Waals surface area (Å²) in [6, 6.07) is 6.17. The summed E-state index contributed by atoms with van der Waals surface area (Å²) in [4.78, 5) is 0. The lowest BCUT2D eigenvalue weighted by atomic mass is 10.00. The van der Waals surface area contributed by atoms with Gasteiger partial charge in [0.25, 0.3) is 0 Å². The molecule has 80 valence electrons. The van der Waals surface area contributed by atoms with Gasteiger partial charge in [-0.1, -0.05) is 15.9 Å². The number of ether oxygens (including phenoxy) is 1. The summed E-state index contributed by atoms with van der Waals surface area (Å²) in [6.07, 6.45) is 4.97. The van der Waals surface area contributed by atoms with Crippen molar-refractivity contribution in [2.24, 2.45) is 0 Å². The summed E-state index contributed by atoms with van der Waals surface area (Å²) in [5.41, 5.74) is 1.20. The van der Waals surface area contributed by atoms with Crippen molar-refractivity contribution in [2.45, 2.75) is 31.3 Å². The van der Waals surface area contributed by atoms with Gasteiger partial charge in [-0.2, -0.15) is 0 Å². The predicted octanol–water partition coefficient (Wildman–Crippen LogP) is 3.57. The van der Waals surface area contributed by atoms with Crippen molar-refractivity contribution in [3.8, 4) is 5.75 Å². The molecule has 3 rings (SSSR count). The third-order valence-corrected chi connectivity index (χ3v) is 3.88. The molecule has 1 saturated carbocycles. The van der Waals surface area contributed by atoms with Gasteiger partial charge in [0.05, 0.1) is 12.2 Å². The fourth-order valence-electron chi connectivity index (χ4n) is 2.55. The molecule has 1 fully saturated rings. The Bertz CT molecular complexity index is 385. The first-order chi connectivity index (χ1) is 7.27. The summed E-state index contributed by atoms with van der Waals surface area (Å²) in [6.45, 7) is 0.960. The second kappa shape index (κ2) is 3.41. The van der Waals surface area contributed by atoms with Crippen molar-refractivity contribution >= 4 is 21.6 Å². The van der Waals surface area contributed by atoms with Crippen molar-refractivity contribution in [3.05, 3.63) is 22.7 Å². The van der Waals surface area contributed by atoms with E-state index < -0.39 is 0 Å². The van der Waals surface area contributed by atoms with E-state index in [1.165, 1.54) is 25.7 Å². The second-order valence-corrected chi connectivity index (χ2v) is 5.40. The molecule has 0 unspecified atom stereocenters. The highest BCUT2D eigenvalue weighted by molar-refractivity contribution is 9.10. The monoisotopic (exact) mass is 267 g/mol. The highest BCUT2D eigenvalue weighted by Gasteiger charge is 2.38. The van der Waals surface area contributed by atoms with Crippen LogP contribution in [0.4, 0.5) is 5.69 Å². The molecule has 0 radical (unpaired) electrons. The number of nitrogens with one attached hydrogen (secondary N) is 1. The Hall–Kier alpha value is -0.700. The zero-order valence-corrected chi connectivity index (χ0v) is 10.1. The highest BCUT2D eigenvalue weighted by atomic mass is 79.9. The molecule has 0 aromatic heterocycles. The zero-order chi connectivity index (χ0) is 10.3. The Labute approximate surface area is 98.1 Å². The molecule has 0 amide bonds. The normalized spacial score (nSPS) is 21.9. The maximum absolute atomic E-state index is 6.17. The number of rotatable bonds is 0. The number of fused-ring (bicyclic) bond motifs is 1. The maximum Gasteiger partial charge on any atom is 0.144 e. The minimum absolute atomic E-state index is 0.0772. The standard InChI is InChI=1S/C12H14BrNO/c13-9-3-4-10-11(7-9)15-12(8-14-10)5-1-2-6-12/h3-4,7,14H,1-2,5-6,8H2. The topological polar surface area (TPSA) is 21.3 Å². The number of benzene rings is 1. The molecule has 3 heteroatoms. The smallest absolute Gasteiger partial charge is 0.144 e. The fourth-order valence-corrected chi connectivity index (χ4v) is 2.89. The Morgan fingerprint density at radius 2 is 2.07 bits per heavy atom. The summed E-state index contributed by atoms with van der Waals surface area (Å²) >= 11 is 3.48. The highest BCUT2D eigenvalue weighted by Crippen LogP contribution is 2.41. The molecule has 0 saturated heterocycles.